The number of thiophene rings is 6. The Bertz CT molecular complexity index is 4880. The van der Waals surface area contributed by atoms with Crippen LogP contribution in [0.25, 0.3) is 115 Å². The van der Waals surface area contributed by atoms with E-state index in [2.05, 4.69) is 147 Å². The monoisotopic (exact) mass is 1700 g/mol. The molecule has 7 nitrogen and oxygen atoms in total. The van der Waals surface area contributed by atoms with E-state index < -0.39 is 27.8 Å². The van der Waals surface area contributed by atoms with Gasteiger partial charge in [0.15, 0.2) is 11.6 Å². The van der Waals surface area contributed by atoms with E-state index in [1.807, 2.05) is 46.9 Å². The predicted molar refractivity (Wildman–Crippen MR) is 508 cm³/mol. The van der Waals surface area contributed by atoms with Gasteiger partial charge in [0.1, 0.15) is 33.6 Å². The van der Waals surface area contributed by atoms with E-state index in [4.69, 9.17) is 28.4 Å². The summed E-state index contributed by atoms with van der Waals surface area (Å²) in [5, 5.41) is 16.1. The molecule has 0 radical (unpaired) electrons. The lowest BCUT2D eigenvalue weighted by molar-refractivity contribution is 0.301. The molecule has 0 atom stereocenters. The average molecular weight is 1700 g/mol. The number of aromatic amines is 1. The lowest BCUT2D eigenvalue weighted by atomic mass is 9.96. The van der Waals surface area contributed by atoms with Crippen molar-refractivity contribution in [2.45, 2.75) is 325 Å². The number of aryl methyl sites for hydroxylation is 2. The van der Waals surface area contributed by atoms with E-state index in [1.54, 1.807) is 21.1 Å². The van der Waals surface area contributed by atoms with Gasteiger partial charge >= 0.3 is 0 Å². The van der Waals surface area contributed by atoms with Gasteiger partial charge in [-0.1, -0.05) is 296 Å². The molecule has 614 valence electrons. The third-order valence-corrected chi connectivity index (χ3v) is 44.9. The highest BCUT2D eigenvalue weighted by molar-refractivity contribution is 7.31. The molecule has 12 aromatic rings. The smallest absolute Gasteiger partial charge is 0.168 e. The Morgan fingerprint density at radius 3 is 1.15 bits per heavy atom. The van der Waals surface area contributed by atoms with Gasteiger partial charge in [0.05, 0.1) is 46.7 Å². The molecular formula is C96H129F2N5O2S7Si2. The normalized spacial score (nSPS) is 12.3. The summed E-state index contributed by atoms with van der Waals surface area (Å²) in [7, 11) is -3.68. The molecule has 0 saturated carbocycles. The summed E-state index contributed by atoms with van der Waals surface area (Å²) in [5.74, 6) is -0.137. The number of hydrogen-bond acceptors (Lipinski definition) is 13. The number of ether oxygens (including phenoxy) is 2. The molecule has 0 fully saturated rings. The van der Waals surface area contributed by atoms with Crippen LogP contribution in [0.5, 0.6) is 11.5 Å². The fourth-order valence-electron chi connectivity index (χ4n) is 18.0. The maximum Gasteiger partial charge on any atom is 0.168 e. The second-order valence-corrected chi connectivity index (χ2v) is 50.1. The van der Waals surface area contributed by atoms with Crippen LogP contribution in [0.3, 0.4) is 0 Å². The second kappa shape index (κ2) is 43.1. The van der Waals surface area contributed by atoms with Gasteiger partial charge < -0.3 is 9.47 Å². The maximum absolute atomic E-state index is 17.4. The van der Waals surface area contributed by atoms with Crippen molar-refractivity contribution < 1.29 is 18.3 Å². The summed E-state index contributed by atoms with van der Waals surface area (Å²) in [5.41, 5.74) is 12.1. The van der Waals surface area contributed by atoms with E-state index in [0.29, 0.717) is 28.5 Å². The van der Waals surface area contributed by atoms with Crippen molar-refractivity contribution in [1.82, 2.24) is 24.2 Å². The first kappa shape index (κ1) is 88.0. The van der Waals surface area contributed by atoms with Crippen molar-refractivity contribution in [3.05, 3.63) is 106 Å². The first-order valence-electron chi connectivity index (χ1n) is 44.5. The number of halogens is 2. The molecule has 0 aliphatic heterocycles. The molecule has 0 aliphatic carbocycles. The minimum absolute atomic E-state index is 0.213. The van der Waals surface area contributed by atoms with Gasteiger partial charge in [-0.25, -0.2) is 8.78 Å². The fourth-order valence-corrected chi connectivity index (χ4v) is 39.2. The van der Waals surface area contributed by atoms with Crippen molar-refractivity contribution in [1.29, 1.82) is 0 Å². The summed E-state index contributed by atoms with van der Waals surface area (Å²) in [4.78, 5) is 8.32. The number of aromatic nitrogens is 5. The SMILES string of the molecule is CCCCCCCCCCCCOc1c(C)c(-c2ccc(-c3ccc(-c4ccc(-c5c(OCCCCCCCCCCCC)c(C)c(-c6cc7c(-c8ccc([Si](CCCC)(CCCC)CCCC)s8)c8sc(C)cc8c(-c8ccc([Si](CCCC)(CCCC)CCCC)s8)c7s6)c6n[nH]nc56)s4)c(F)c3F)s2)c2nsnc2c1C. The van der Waals surface area contributed by atoms with Crippen molar-refractivity contribution >= 4 is 147 Å². The Morgan fingerprint density at radius 1 is 0.325 bits per heavy atom. The zero-order valence-corrected chi connectivity index (χ0v) is 78.6. The third kappa shape index (κ3) is 20.1. The van der Waals surface area contributed by atoms with Gasteiger partial charge in [-0.05, 0) is 110 Å². The minimum Gasteiger partial charge on any atom is -0.493 e. The molecule has 0 bridgehead atoms. The first-order chi connectivity index (χ1) is 55.7. The number of hydrogen-bond donors (Lipinski definition) is 1. The third-order valence-electron chi connectivity index (χ3n) is 24.5. The lowest BCUT2D eigenvalue weighted by Gasteiger charge is -2.31. The zero-order chi connectivity index (χ0) is 80.1. The van der Waals surface area contributed by atoms with Gasteiger partial charge in [0, 0.05) is 109 Å². The van der Waals surface area contributed by atoms with Crippen LogP contribution in [0.2, 0.25) is 36.3 Å². The highest BCUT2D eigenvalue weighted by Gasteiger charge is 2.38. The molecule has 0 spiro atoms. The standard InChI is InChI=1S/C96H129F2N5O2S7Si2/c1-13-21-29-31-33-35-37-39-41-43-55-104-93-66(10)82(92-89(68(93)12)101-112-102-92)75-49-47-73(107-75)69-45-46-70(88(98)87(69)97)74-48-50-78(108-74)86-91-90(99-103-100-91)83(67(11)94(86)105-56-44-42-40-38-36-34-32-30-22-14-2)79-64-72-85(77-52-54-81(110-77)114(60-26-18-6,61-27-19-7)62-28-20-8)95-71(63-65(9)106-95)84(96(72)111-79)76-51-53-80(109-76)113(57-23-15-3,58-24-16-4)59-25-17-5/h45-54,63-64H,13-44,55-62H2,1-12H3,(H,99,100,103). The topological polar surface area (TPSA) is 85.8 Å². The Balaban J connectivity index is 0.939. The molecule has 0 unspecified atom stereocenters. The summed E-state index contributed by atoms with van der Waals surface area (Å²) >= 11 is 12.3. The van der Waals surface area contributed by atoms with Crippen molar-refractivity contribution in [3.63, 3.8) is 0 Å². The number of benzene rings is 4. The van der Waals surface area contributed by atoms with Crippen molar-refractivity contribution in [2.75, 3.05) is 13.2 Å². The molecule has 114 heavy (non-hydrogen) atoms. The number of unbranched alkanes of at least 4 members (excludes halogenated alkanes) is 24. The summed E-state index contributed by atoms with van der Waals surface area (Å²) in [6.07, 6.45) is 40.1. The molecule has 1 N–H and O–H groups in total. The van der Waals surface area contributed by atoms with E-state index in [9.17, 15) is 0 Å². The van der Waals surface area contributed by atoms with Crippen LogP contribution in [0.15, 0.2) is 72.8 Å². The number of nitrogens with zero attached hydrogens (tertiary/aromatic N) is 4. The van der Waals surface area contributed by atoms with Gasteiger partial charge in [0.2, 0.25) is 0 Å². The molecule has 0 aliphatic rings. The molecule has 0 amide bonds. The van der Waals surface area contributed by atoms with E-state index in [1.165, 1.54) is 296 Å². The molecule has 18 heteroatoms. The average Bonchev–Trinajstić information content (AvgIpc) is 1.50. The quantitative estimate of drug-likeness (QED) is 0.0302. The van der Waals surface area contributed by atoms with Gasteiger partial charge in [-0.15, -0.1) is 68.0 Å². The maximum atomic E-state index is 17.4. The molecule has 8 heterocycles. The van der Waals surface area contributed by atoms with Crippen molar-refractivity contribution in [3.8, 4) is 84.6 Å². The number of rotatable bonds is 51. The van der Waals surface area contributed by atoms with Crippen LogP contribution in [0, 0.1) is 39.3 Å². The van der Waals surface area contributed by atoms with E-state index in [0.717, 1.165) is 102 Å². The number of H-pyrrole nitrogens is 1. The molecule has 12 rings (SSSR count). The van der Waals surface area contributed by atoms with Crippen LogP contribution >= 0.6 is 79.7 Å². The van der Waals surface area contributed by atoms with E-state index >= 15 is 8.78 Å². The minimum atomic E-state index is -1.84. The first-order valence-corrected chi connectivity index (χ1v) is 55.4. The van der Waals surface area contributed by atoms with Gasteiger partial charge in [-0.3, -0.25) is 0 Å². The number of nitrogens with one attached hydrogen (secondary N) is 1. The van der Waals surface area contributed by atoms with Crippen LogP contribution in [0.1, 0.15) is 282 Å². The lowest BCUT2D eigenvalue weighted by Crippen LogP contribution is -2.45. The zero-order valence-electron chi connectivity index (χ0n) is 70.9. The van der Waals surface area contributed by atoms with E-state index in [-0.39, 0.29) is 11.1 Å². The van der Waals surface area contributed by atoms with Crippen LogP contribution < -0.4 is 18.5 Å². The summed E-state index contributed by atoms with van der Waals surface area (Å²) < 4.78 is 64.2. The fraction of sp³-hybridized carbons (Fsp3) is 0.542. The van der Waals surface area contributed by atoms with Crippen LogP contribution in [-0.4, -0.2) is 53.5 Å². The van der Waals surface area contributed by atoms with Crippen LogP contribution in [0.4, 0.5) is 8.78 Å². The summed E-state index contributed by atoms with van der Waals surface area (Å²) in [6.45, 7) is 28.8. The molecule has 0 saturated heterocycles. The Morgan fingerprint density at radius 2 is 0.684 bits per heavy atom. The Hall–Kier alpha value is -5.29. The Kier molecular flexibility index (Phi) is 33.3. The molecular weight excluding hydrogens is 1570 g/mol. The molecule has 8 aromatic heterocycles. The van der Waals surface area contributed by atoms with Gasteiger partial charge in [0.25, 0.3) is 0 Å². The second-order valence-electron chi connectivity index (χ2n) is 33.0. The predicted octanol–water partition coefficient (Wildman–Crippen LogP) is 33.5. The molecule has 4 aromatic carbocycles. The highest BCUT2D eigenvalue weighted by Crippen LogP contribution is 2.56. The largest absolute Gasteiger partial charge is 0.493 e. The summed E-state index contributed by atoms with van der Waals surface area (Å²) in [6, 6.07) is 35.0. The van der Waals surface area contributed by atoms with Crippen LogP contribution in [-0.2, 0) is 0 Å². The van der Waals surface area contributed by atoms with Gasteiger partial charge in [-0.2, -0.15) is 24.2 Å². The van der Waals surface area contributed by atoms with Crippen molar-refractivity contribution in [2.24, 2.45) is 0 Å². The Labute approximate surface area is 712 Å². The highest BCUT2D eigenvalue weighted by atomic mass is 32.1. The number of fused-ring (bicyclic) bond motifs is 4.